The third kappa shape index (κ3) is 3.65. The van der Waals surface area contributed by atoms with Crippen LogP contribution in [0.4, 0.5) is 4.79 Å². The number of piperazine rings is 1. The predicted molar refractivity (Wildman–Crippen MR) is 98.1 cm³/mol. The topological polar surface area (TPSA) is 52.6 Å². The number of nitrogens with zero attached hydrogens (tertiary/aromatic N) is 2. The number of aryl methyl sites for hydroxylation is 1. The first-order valence-electron chi connectivity index (χ1n) is 9.25. The van der Waals surface area contributed by atoms with Crippen molar-refractivity contribution in [2.45, 2.75) is 58.7 Å². The van der Waals surface area contributed by atoms with Crippen molar-refractivity contribution in [3.05, 3.63) is 35.4 Å². The van der Waals surface area contributed by atoms with Gasteiger partial charge in [-0.05, 0) is 38.2 Å². The molecule has 1 aliphatic carbocycles. The summed E-state index contributed by atoms with van der Waals surface area (Å²) in [7, 11) is 0. The van der Waals surface area contributed by atoms with Crippen molar-refractivity contribution in [1.82, 2.24) is 15.1 Å². The van der Waals surface area contributed by atoms with Crippen LogP contribution in [-0.4, -0.2) is 46.4 Å². The maximum absolute atomic E-state index is 12.7. The van der Waals surface area contributed by atoms with Crippen molar-refractivity contribution in [2.75, 3.05) is 13.1 Å². The summed E-state index contributed by atoms with van der Waals surface area (Å²) in [6.45, 7) is 9.94. The van der Waals surface area contributed by atoms with Gasteiger partial charge in [0.2, 0.25) is 5.91 Å². The van der Waals surface area contributed by atoms with Crippen LogP contribution in [0.3, 0.4) is 0 Å². The Labute approximate surface area is 150 Å². The Morgan fingerprint density at radius 3 is 2.64 bits per heavy atom. The van der Waals surface area contributed by atoms with Gasteiger partial charge in [0, 0.05) is 25.2 Å². The second-order valence-electron chi connectivity index (χ2n) is 7.86. The lowest BCUT2D eigenvalue weighted by Crippen LogP contribution is -2.60. The zero-order chi connectivity index (χ0) is 18.2. The van der Waals surface area contributed by atoms with Gasteiger partial charge in [0.1, 0.15) is 6.04 Å². The molecule has 25 heavy (non-hydrogen) atoms. The second-order valence-corrected chi connectivity index (χ2v) is 7.86. The average Bonchev–Trinajstić information content (AvgIpc) is 3.33. The molecule has 136 valence electrons. The Morgan fingerprint density at radius 2 is 2.04 bits per heavy atom. The minimum Gasteiger partial charge on any atom is -0.335 e. The number of urea groups is 1. The molecule has 1 saturated carbocycles. The Balaban J connectivity index is 1.62. The minimum atomic E-state index is -0.415. The van der Waals surface area contributed by atoms with E-state index < -0.39 is 6.04 Å². The number of rotatable bonds is 4. The van der Waals surface area contributed by atoms with Gasteiger partial charge in [-0.1, -0.05) is 43.7 Å². The lowest BCUT2D eigenvalue weighted by atomic mass is 10.0. The van der Waals surface area contributed by atoms with Crippen molar-refractivity contribution >= 4 is 11.9 Å². The molecule has 0 radical (unpaired) electrons. The summed E-state index contributed by atoms with van der Waals surface area (Å²) < 4.78 is 0. The molecule has 1 aliphatic heterocycles. The first-order valence-corrected chi connectivity index (χ1v) is 9.25. The Morgan fingerprint density at radius 1 is 1.32 bits per heavy atom. The molecule has 1 N–H and O–H groups in total. The molecule has 1 saturated heterocycles. The second kappa shape index (κ2) is 6.70. The van der Waals surface area contributed by atoms with E-state index in [-0.39, 0.29) is 17.5 Å². The summed E-state index contributed by atoms with van der Waals surface area (Å²) in [6.07, 6.45) is 2.07. The van der Waals surface area contributed by atoms with Crippen LogP contribution < -0.4 is 5.32 Å². The molecule has 0 aromatic heterocycles. The SMILES string of the molecule is Cc1cccc(CN2CCN(C(=O)NC3(C(C)C)CC3)[C@@H](C)C2=O)c1. The first kappa shape index (κ1) is 17.8. The molecule has 5 nitrogen and oxygen atoms in total. The van der Waals surface area contributed by atoms with E-state index in [4.69, 9.17) is 0 Å². The van der Waals surface area contributed by atoms with Gasteiger partial charge < -0.3 is 15.1 Å². The fourth-order valence-corrected chi connectivity index (χ4v) is 3.66. The van der Waals surface area contributed by atoms with E-state index in [1.165, 1.54) is 5.56 Å². The van der Waals surface area contributed by atoms with Crippen molar-refractivity contribution < 1.29 is 9.59 Å². The van der Waals surface area contributed by atoms with Gasteiger partial charge in [-0.15, -0.1) is 0 Å². The quantitative estimate of drug-likeness (QED) is 0.914. The molecule has 3 rings (SSSR count). The van der Waals surface area contributed by atoms with E-state index in [9.17, 15) is 9.59 Å². The molecule has 2 aliphatic rings. The Hall–Kier alpha value is -2.04. The molecule has 1 atom stereocenters. The standard InChI is InChI=1S/C20H29N3O2/c1-14(2)20(8-9-20)21-19(25)23-11-10-22(18(24)16(23)4)13-17-7-5-6-15(3)12-17/h5-7,12,14,16H,8-11,13H2,1-4H3,(H,21,25)/t16-/m0/s1. The van der Waals surface area contributed by atoms with Crippen LogP contribution in [-0.2, 0) is 11.3 Å². The van der Waals surface area contributed by atoms with Gasteiger partial charge in [0.05, 0.1) is 0 Å². The van der Waals surface area contributed by atoms with Crippen LogP contribution in [0.2, 0.25) is 0 Å². The Kier molecular flexibility index (Phi) is 4.76. The Bertz CT molecular complexity index is 667. The maximum atomic E-state index is 12.7. The van der Waals surface area contributed by atoms with E-state index >= 15 is 0 Å². The highest BCUT2D eigenvalue weighted by Gasteiger charge is 2.48. The summed E-state index contributed by atoms with van der Waals surface area (Å²) in [5.41, 5.74) is 2.27. The summed E-state index contributed by atoms with van der Waals surface area (Å²) in [5, 5.41) is 3.18. The molecule has 2 fully saturated rings. The fraction of sp³-hybridized carbons (Fsp3) is 0.600. The molecule has 3 amide bonds. The van der Waals surface area contributed by atoms with Crippen molar-refractivity contribution in [3.63, 3.8) is 0 Å². The van der Waals surface area contributed by atoms with E-state index in [1.807, 2.05) is 24.0 Å². The lowest BCUT2D eigenvalue weighted by molar-refractivity contribution is -0.140. The van der Waals surface area contributed by atoms with Gasteiger partial charge in [0.25, 0.3) is 0 Å². The fourth-order valence-electron chi connectivity index (χ4n) is 3.66. The van der Waals surface area contributed by atoms with Crippen molar-refractivity contribution in [2.24, 2.45) is 5.92 Å². The largest absolute Gasteiger partial charge is 0.335 e. The van der Waals surface area contributed by atoms with Gasteiger partial charge in [-0.25, -0.2) is 4.79 Å². The number of benzene rings is 1. The summed E-state index contributed by atoms with van der Waals surface area (Å²) in [4.78, 5) is 29.0. The van der Waals surface area contributed by atoms with E-state index in [1.54, 1.807) is 4.90 Å². The van der Waals surface area contributed by atoms with Crippen molar-refractivity contribution in [3.8, 4) is 0 Å². The number of hydrogen-bond acceptors (Lipinski definition) is 2. The van der Waals surface area contributed by atoms with Gasteiger partial charge in [-0.3, -0.25) is 4.79 Å². The summed E-state index contributed by atoms with van der Waals surface area (Å²) >= 11 is 0. The van der Waals surface area contributed by atoms with E-state index in [0.717, 1.165) is 18.4 Å². The van der Waals surface area contributed by atoms with E-state index in [0.29, 0.717) is 25.6 Å². The molecule has 5 heteroatoms. The minimum absolute atomic E-state index is 0.0253. The van der Waals surface area contributed by atoms with Gasteiger partial charge >= 0.3 is 6.03 Å². The summed E-state index contributed by atoms with van der Waals surface area (Å²) in [5.74, 6) is 0.447. The van der Waals surface area contributed by atoms with Crippen LogP contribution >= 0.6 is 0 Å². The van der Waals surface area contributed by atoms with Crippen molar-refractivity contribution in [1.29, 1.82) is 0 Å². The normalized spacial score (nSPS) is 22.3. The third-order valence-corrected chi connectivity index (χ3v) is 5.71. The van der Waals surface area contributed by atoms with Crippen LogP contribution in [0.5, 0.6) is 0 Å². The smallest absolute Gasteiger partial charge is 0.318 e. The van der Waals surface area contributed by atoms with Gasteiger partial charge in [0.15, 0.2) is 0 Å². The highest BCUT2D eigenvalue weighted by molar-refractivity contribution is 5.88. The van der Waals surface area contributed by atoms with Crippen LogP contribution in [0.25, 0.3) is 0 Å². The van der Waals surface area contributed by atoms with Gasteiger partial charge in [-0.2, -0.15) is 0 Å². The number of carbonyl (C=O) groups excluding carboxylic acids is 2. The summed E-state index contributed by atoms with van der Waals surface area (Å²) in [6, 6.07) is 7.71. The average molecular weight is 343 g/mol. The number of amides is 3. The van der Waals surface area contributed by atoms with Crippen LogP contribution in [0.15, 0.2) is 24.3 Å². The molecule has 0 bridgehead atoms. The number of hydrogen-bond donors (Lipinski definition) is 1. The highest BCUT2D eigenvalue weighted by atomic mass is 16.2. The number of nitrogens with one attached hydrogen (secondary N) is 1. The number of carbonyl (C=O) groups is 2. The first-order chi connectivity index (χ1) is 11.8. The molecule has 1 aromatic carbocycles. The highest BCUT2D eigenvalue weighted by Crippen LogP contribution is 2.42. The van der Waals surface area contributed by atoms with Crippen LogP contribution in [0.1, 0.15) is 44.7 Å². The monoisotopic (exact) mass is 343 g/mol. The lowest BCUT2D eigenvalue weighted by Gasteiger charge is -2.40. The molecule has 1 aromatic rings. The third-order valence-electron chi connectivity index (χ3n) is 5.71. The predicted octanol–water partition coefficient (Wildman–Crippen LogP) is 2.93. The zero-order valence-corrected chi connectivity index (χ0v) is 15.7. The molecule has 0 unspecified atom stereocenters. The zero-order valence-electron chi connectivity index (χ0n) is 15.7. The van der Waals surface area contributed by atoms with E-state index in [2.05, 4.69) is 38.2 Å². The van der Waals surface area contributed by atoms with Crippen LogP contribution in [0, 0.1) is 12.8 Å². The maximum Gasteiger partial charge on any atom is 0.318 e. The molecule has 1 heterocycles. The molecular weight excluding hydrogens is 314 g/mol. The molecular formula is C20H29N3O2. The molecule has 0 spiro atoms.